The molecule has 18 heavy (non-hydrogen) atoms. The van der Waals surface area contributed by atoms with E-state index in [0.717, 1.165) is 36.2 Å². The fourth-order valence-electron chi connectivity index (χ4n) is 2.05. The fraction of sp³-hybridized carbons (Fsp3) is 0.500. The number of piperidine rings is 1. The summed E-state index contributed by atoms with van der Waals surface area (Å²) in [5.74, 6) is 0.832. The quantitative estimate of drug-likeness (QED) is 0.866. The fourth-order valence-corrected chi connectivity index (χ4v) is 2.80. The van der Waals surface area contributed by atoms with Crippen LogP contribution in [0.2, 0.25) is 5.02 Å². The Bertz CT molecular complexity index is 452. The molecule has 0 radical (unpaired) electrons. The van der Waals surface area contributed by atoms with E-state index in [1.54, 1.807) is 6.20 Å². The number of nitriles is 1. The molecule has 2 heterocycles. The topological polar surface area (TPSA) is 52.0 Å². The van der Waals surface area contributed by atoms with Crippen molar-refractivity contribution in [2.24, 2.45) is 0 Å². The van der Waals surface area contributed by atoms with Crippen LogP contribution in [0.1, 0.15) is 12.8 Å². The first-order chi connectivity index (χ1) is 8.69. The van der Waals surface area contributed by atoms with E-state index in [1.165, 1.54) is 0 Å². The molecule has 1 aromatic heterocycles. The molecule has 0 saturated carbocycles. The van der Waals surface area contributed by atoms with Gasteiger partial charge in [0.2, 0.25) is 0 Å². The van der Waals surface area contributed by atoms with Crippen LogP contribution in [0.5, 0.6) is 0 Å². The minimum absolute atomic E-state index is 0.407. The van der Waals surface area contributed by atoms with Crippen molar-refractivity contribution >= 4 is 33.3 Å². The van der Waals surface area contributed by atoms with Crippen molar-refractivity contribution in [1.29, 1.82) is 5.26 Å². The summed E-state index contributed by atoms with van der Waals surface area (Å²) in [5.41, 5.74) is 0. The third kappa shape index (κ3) is 3.58. The molecule has 6 heteroatoms. The lowest BCUT2D eigenvalue weighted by atomic mass is 10.1. The second kappa shape index (κ2) is 6.37. The van der Waals surface area contributed by atoms with Crippen molar-refractivity contribution in [2.45, 2.75) is 18.9 Å². The van der Waals surface area contributed by atoms with Gasteiger partial charge in [0.1, 0.15) is 5.82 Å². The number of hydrogen-bond donors (Lipinski definition) is 1. The van der Waals surface area contributed by atoms with Crippen LogP contribution in [0.4, 0.5) is 5.82 Å². The van der Waals surface area contributed by atoms with Gasteiger partial charge in [0.25, 0.3) is 0 Å². The Kier molecular flexibility index (Phi) is 4.81. The molecular weight excluding hydrogens is 316 g/mol. The van der Waals surface area contributed by atoms with E-state index >= 15 is 0 Å². The first kappa shape index (κ1) is 13.6. The number of rotatable bonds is 3. The highest BCUT2D eigenvalue weighted by atomic mass is 79.9. The molecule has 0 aliphatic carbocycles. The monoisotopic (exact) mass is 328 g/mol. The van der Waals surface area contributed by atoms with Crippen LogP contribution in [-0.2, 0) is 0 Å². The first-order valence-electron chi connectivity index (χ1n) is 5.86. The smallest absolute Gasteiger partial charge is 0.140 e. The van der Waals surface area contributed by atoms with E-state index in [9.17, 15) is 0 Å². The van der Waals surface area contributed by atoms with Crippen molar-refractivity contribution in [3.8, 4) is 6.07 Å². The van der Waals surface area contributed by atoms with Crippen molar-refractivity contribution in [3.63, 3.8) is 0 Å². The van der Waals surface area contributed by atoms with Crippen molar-refractivity contribution < 1.29 is 0 Å². The summed E-state index contributed by atoms with van der Waals surface area (Å²) in [7, 11) is 0. The van der Waals surface area contributed by atoms with Crippen molar-refractivity contribution in [2.75, 3.05) is 25.0 Å². The van der Waals surface area contributed by atoms with Gasteiger partial charge in [-0.15, -0.1) is 0 Å². The molecule has 0 aromatic carbocycles. The van der Waals surface area contributed by atoms with Crippen LogP contribution in [0.3, 0.4) is 0 Å². The molecule has 4 nitrogen and oxygen atoms in total. The average molecular weight is 330 g/mol. The Morgan fingerprint density at radius 3 is 2.89 bits per heavy atom. The van der Waals surface area contributed by atoms with Crippen LogP contribution in [0.15, 0.2) is 16.7 Å². The zero-order chi connectivity index (χ0) is 13.0. The number of pyridine rings is 1. The van der Waals surface area contributed by atoms with Crippen LogP contribution in [-0.4, -0.2) is 35.6 Å². The summed E-state index contributed by atoms with van der Waals surface area (Å²) < 4.78 is 0.884. The maximum Gasteiger partial charge on any atom is 0.140 e. The molecule has 1 aliphatic rings. The number of aromatic nitrogens is 1. The van der Waals surface area contributed by atoms with E-state index in [0.29, 0.717) is 17.6 Å². The SMILES string of the molecule is N#CCN1CCC(Nc2ncc(Cl)cc2Br)CC1. The van der Waals surface area contributed by atoms with Gasteiger partial charge in [-0.1, -0.05) is 11.6 Å². The average Bonchev–Trinajstić information content (AvgIpc) is 2.35. The largest absolute Gasteiger partial charge is 0.366 e. The van der Waals surface area contributed by atoms with E-state index in [2.05, 4.69) is 37.2 Å². The van der Waals surface area contributed by atoms with Crippen LogP contribution in [0, 0.1) is 11.3 Å². The Balaban J connectivity index is 1.90. The minimum Gasteiger partial charge on any atom is -0.366 e. The van der Waals surface area contributed by atoms with E-state index in [-0.39, 0.29) is 0 Å². The standard InChI is InChI=1S/C12H14BrClN4/c13-11-7-9(14)8-16-12(11)17-10-1-4-18(5-2-10)6-3-15/h7-8,10H,1-2,4-6H2,(H,16,17). The van der Waals surface area contributed by atoms with Gasteiger partial charge >= 0.3 is 0 Å². The zero-order valence-electron chi connectivity index (χ0n) is 9.87. The molecule has 96 valence electrons. The summed E-state index contributed by atoms with van der Waals surface area (Å²) in [4.78, 5) is 6.44. The number of likely N-dealkylation sites (tertiary alicyclic amines) is 1. The highest BCUT2D eigenvalue weighted by molar-refractivity contribution is 9.10. The van der Waals surface area contributed by atoms with Crippen molar-refractivity contribution in [1.82, 2.24) is 9.88 Å². The second-order valence-corrected chi connectivity index (χ2v) is 5.63. The van der Waals surface area contributed by atoms with E-state index in [4.69, 9.17) is 16.9 Å². The molecule has 1 aliphatic heterocycles. The zero-order valence-corrected chi connectivity index (χ0v) is 12.2. The van der Waals surface area contributed by atoms with Gasteiger partial charge in [-0.3, -0.25) is 4.90 Å². The molecule has 0 amide bonds. The number of hydrogen-bond acceptors (Lipinski definition) is 4. The van der Waals surface area contributed by atoms with Gasteiger partial charge in [0, 0.05) is 25.3 Å². The summed E-state index contributed by atoms with van der Waals surface area (Å²) in [6.07, 6.45) is 3.69. The van der Waals surface area contributed by atoms with Gasteiger partial charge in [-0.2, -0.15) is 5.26 Å². The highest BCUT2D eigenvalue weighted by Crippen LogP contribution is 2.25. The molecule has 2 rings (SSSR count). The van der Waals surface area contributed by atoms with Crippen molar-refractivity contribution in [3.05, 3.63) is 21.8 Å². The van der Waals surface area contributed by atoms with E-state index < -0.39 is 0 Å². The van der Waals surface area contributed by atoms with Gasteiger partial charge in [0.05, 0.1) is 22.1 Å². The van der Waals surface area contributed by atoms with Gasteiger partial charge in [-0.05, 0) is 34.8 Å². The molecule has 0 bridgehead atoms. The number of halogens is 2. The third-order valence-corrected chi connectivity index (χ3v) is 3.84. The third-order valence-electron chi connectivity index (χ3n) is 3.03. The minimum atomic E-state index is 0.407. The maximum atomic E-state index is 8.65. The van der Waals surface area contributed by atoms with Gasteiger partial charge in [0.15, 0.2) is 0 Å². The normalized spacial score (nSPS) is 17.4. The Labute approximate surface area is 120 Å². The molecule has 1 saturated heterocycles. The molecule has 1 N–H and O–H groups in total. The summed E-state index contributed by atoms with van der Waals surface area (Å²) >= 11 is 9.30. The lowest BCUT2D eigenvalue weighted by Crippen LogP contribution is -2.39. The van der Waals surface area contributed by atoms with Gasteiger partial charge < -0.3 is 5.32 Å². The Morgan fingerprint density at radius 2 is 2.28 bits per heavy atom. The summed E-state index contributed by atoms with van der Waals surface area (Å²) in [5, 5.41) is 12.7. The molecule has 1 fully saturated rings. The number of anilines is 1. The maximum absolute atomic E-state index is 8.65. The Hall–Kier alpha value is -0.830. The summed E-state index contributed by atoms with van der Waals surface area (Å²) in [6, 6.07) is 4.43. The molecular formula is C12H14BrClN4. The molecule has 0 atom stereocenters. The lowest BCUT2D eigenvalue weighted by Gasteiger charge is -2.31. The van der Waals surface area contributed by atoms with Crippen LogP contribution >= 0.6 is 27.5 Å². The molecule has 0 spiro atoms. The lowest BCUT2D eigenvalue weighted by molar-refractivity contribution is 0.242. The number of nitrogens with zero attached hydrogens (tertiary/aromatic N) is 3. The van der Waals surface area contributed by atoms with Gasteiger partial charge in [-0.25, -0.2) is 4.98 Å². The van der Waals surface area contributed by atoms with Crippen LogP contribution < -0.4 is 5.32 Å². The highest BCUT2D eigenvalue weighted by Gasteiger charge is 2.19. The van der Waals surface area contributed by atoms with Crippen LogP contribution in [0.25, 0.3) is 0 Å². The Morgan fingerprint density at radius 1 is 1.56 bits per heavy atom. The molecule has 0 unspecified atom stereocenters. The summed E-state index contributed by atoms with van der Waals surface area (Å²) in [6.45, 7) is 2.43. The predicted octanol–water partition coefficient (Wildman–Crippen LogP) is 2.90. The predicted molar refractivity (Wildman–Crippen MR) is 75.6 cm³/mol. The first-order valence-corrected chi connectivity index (χ1v) is 7.03. The second-order valence-electron chi connectivity index (χ2n) is 4.34. The van der Waals surface area contributed by atoms with E-state index in [1.807, 2.05) is 6.07 Å². The molecule has 1 aromatic rings. The number of nitrogens with one attached hydrogen (secondary N) is 1.